The molecule has 0 spiro atoms. The van der Waals surface area contributed by atoms with Crippen molar-refractivity contribution in [3.8, 4) is 0 Å². The topological polar surface area (TPSA) is 15.3 Å². The van der Waals surface area contributed by atoms with E-state index in [0.717, 1.165) is 18.5 Å². The fourth-order valence-corrected chi connectivity index (χ4v) is 3.44. The summed E-state index contributed by atoms with van der Waals surface area (Å²) in [6.07, 6.45) is 3.42. The lowest BCUT2D eigenvalue weighted by Gasteiger charge is -2.42. The van der Waals surface area contributed by atoms with Crippen LogP contribution in [0.25, 0.3) is 0 Å². The van der Waals surface area contributed by atoms with Crippen LogP contribution >= 0.6 is 11.6 Å². The molecule has 1 atom stereocenters. The molecule has 118 valence electrons. The molecular weight excluding hydrogens is 287 g/mol. The summed E-state index contributed by atoms with van der Waals surface area (Å²) in [5.74, 6) is -0.348. The van der Waals surface area contributed by atoms with Crippen LogP contribution in [0.2, 0.25) is 5.02 Å². The lowest BCUT2D eigenvalue weighted by molar-refractivity contribution is 0.107. The smallest absolute Gasteiger partial charge is 0.141 e. The predicted molar refractivity (Wildman–Crippen MR) is 87.5 cm³/mol. The predicted octanol–water partition coefficient (Wildman–Crippen LogP) is 3.87. The Morgan fingerprint density at radius 2 is 2.00 bits per heavy atom. The van der Waals surface area contributed by atoms with Gasteiger partial charge in [-0.05, 0) is 70.4 Å². The number of likely N-dealkylation sites (tertiary alicyclic amines) is 1. The van der Waals surface area contributed by atoms with E-state index in [2.05, 4.69) is 31.0 Å². The molecule has 21 heavy (non-hydrogen) atoms. The molecule has 1 aromatic rings. The average Bonchev–Trinajstić information content (AvgIpc) is 2.97. The van der Waals surface area contributed by atoms with E-state index in [9.17, 15) is 4.39 Å². The van der Waals surface area contributed by atoms with Crippen LogP contribution in [0.5, 0.6) is 0 Å². The van der Waals surface area contributed by atoms with Gasteiger partial charge in [0.25, 0.3) is 0 Å². The molecule has 0 aromatic heterocycles. The van der Waals surface area contributed by atoms with Crippen LogP contribution in [0.15, 0.2) is 18.2 Å². The van der Waals surface area contributed by atoms with Crippen LogP contribution in [0.3, 0.4) is 0 Å². The molecule has 1 saturated heterocycles. The Labute approximate surface area is 132 Å². The number of hydrogen-bond donors (Lipinski definition) is 1. The third kappa shape index (κ3) is 3.97. The van der Waals surface area contributed by atoms with E-state index < -0.39 is 0 Å². The van der Waals surface area contributed by atoms with Gasteiger partial charge in [0.05, 0.1) is 5.02 Å². The Hall–Kier alpha value is -0.640. The Morgan fingerprint density at radius 3 is 2.57 bits per heavy atom. The zero-order valence-corrected chi connectivity index (χ0v) is 14.0. The van der Waals surface area contributed by atoms with Crippen molar-refractivity contribution >= 4 is 11.6 Å². The van der Waals surface area contributed by atoms with Crippen molar-refractivity contribution in [1.82, 2.24) is 10.2 Å². The Bertz CT molecular complexity index is 470. The van der Waals surface area contributed by atoms with Crippen LogP contribution in [0, 0.1) is 5.82 Å². The zero-order chi connectivity index (χ0) is 15.5. The van der Waals surface area contributed by atoms with Crippen LogP contribution in [0.4, 0.5) is 4.39 Å². The summed E-state index contributed by atoms with van der Waals surface area (Å²) < 4.78 is 13.3. The highest BCUT2D eigenvalue weighted by molar-refractivity contribution is 6.30. The summed E-state index contributed by atoms with van der Waals surface area (Å²) >= 11 is 5.91. The van der Waals surface area contributed by atoms with Gasteiger partial charge in [-0.25, -0.2) is 4.39 Å². The number of benzene rings is 1. The molecule has 1 heterocycles. The summed E-state index contributed by atoms with van der Waals surface area (Å²) in [5, 5.41) is 3.81. The second-order valence-corrected chi connectivity index (χ2v) is 6.82. The van der Waals surface area contributed by atoms with Crippen molar-refractivity contribution in [2.75, 3.05) is 19.6 Å². The first-order valence-corrected chi connectivity index (χ1v) is 8.25. The molecule has 1 N–H and O–H groups in total. The Kier molecular flexibility index (Phi) is 5.64. The van der Waals surface area contributed by atoms with Gasteiger partial charge < -0.3 is 5.32 Å². The highest BCUT2D eigenvalue weighted by Crippen LogP contribution is 2.27. The summed E-state index contributed by atoms with van der Waals surface area (Å²) in [6.45, 7) is 9.99. The molecule has 0 bridgehead atoms. The number of likely N-dealkylation sites (N-methyl/N-ethyl adjacent to an activating group) is 1. The molecule has 0 saturated carbocycles. The van der Waals surface area contributed by atoms with Crippen molar-refractivity contribution in [3.63, 3.8) is 0 Å². The highest BCUT2D eigenvalue weighted by Gasteiger charge is 2.36. The van der Waals surface area contributed by atoms with Gasteiger partial charge in [-0.3, -0.25) is 4.90 Å². The monoisotopic (exact) mass is 312 g/mol. The molecule has 1 aliphatic rings. The maximum absolute atomic E-state index is 13.3. The second-order valence-electron chi connectivity index (χ2n) is 6.41. The molecule has 4 heteroatoms. The van der Waals surface area contributed by atoms with Gasteiger partial charge in [0.1, 0.15) is 5.82 Å². The Morgan fingerprint density at radius 1 is 1.33 bits per heavy atom. The molecule has 0 amide bonds. The van der Waals surface area contributed by atoms with Gasteiger partial charge in [0, 0.05) is 11.6 Å². The van der Waals surface area contributed by atoms with Gasteiger partial charge in [-0.1, -0.05) is 24.6 Å². The minimum atomic E-state index is -0.348. The molecule has 1 fully saturated rings. The molecule has 2 rings (SSSR count). The maximum Gasteiger partial charge on any atom is 0.141 e. The van der Waals surface area contributed by atoms with E-state index in [4.69, 9.17) is 11.6 Å². The normalized spacial score (nSPS) is 18.1. The molecule has 1 unspecified atom stereocenters. The third-order valence-corrected chi connectivity index (χ3v) is 4.94. The lowest BCUT2D eigenvalue weighted by atomic mass is 9.87. The van der Waals surface area contributed by atoms with Crippen molar-refractivity contribution in [1.29, 1.82) is 0 Å². The van der Waals surface area contributed by atoms with Gasteiger partial charge in [0.2, 0.25) is 0 Å². The van der Waals surface area contributed by atoms with Gasteiger partial charge in [0.15, 0.2) is 0 Å². The molecule has 0 radical (unpaired) electrons. The lowest BCUT2D eigenvalue weighted by Crippen LogP contribution is -2.57. The summed E-state index contributed by atoms with van der Waals surface area (Å²) in [6, 6.07) is 5.37. The number of rotatable bonds is 6. The van der Waals surface area contributed by atoms with Crippen molar-refractivity contribution in [3.05, 3.63) is 34.6 Å². The van der Waals surface area contributed by atoms with E-state index in [1.54, 1.807) is 6.07 Å². The zero-order valence-electron chi connectivity index (χ0n) is 13.3. The van der Waals surface area contributed by atoms with Crippen LogP contribution in [-0.4, -0.2) is 36.1 Å². The SMILES string of the molecule is CCNC(Cc1ccc(F)c(Cl)c1)C(C)(C)N1CCCC1. The number of nitrogens with one attached hydrogen (secondary N) is 1. The van der Waals surface area contributed by atoms with E-state index in [0.29, 0.717) is 6.04 Å². The third-order valence-electron chi connectivity index (χ3n) is 4.65. The van der Waals surface area contributed by atoms with E-state index in [-0.39, 0.29) is 16.4 Å². The summed E-state index contributed by atoms with van der Waals surface area (Å²) in [5.41, 5.74) is 1.16. The molecule has 1 aromatic carbocycles. The van der Waals surface area contributed by atoms with Crippen molar-refractivity contribution < 1.29 is 4.39 Å². The highest BCUT2D eigenvalue weighted by atomic mass is 35.5. The van der Waals surface area contributed by atoms with Gasteiger partial charge in [-0.2, -0.15) is 0 Å². The maximum atomic E-state index is 13.3. The van der Waals surface area contributed by atoms with Crippen LogP contribution < -0.4 is 5.32 Å². The first kappa shape index (κ1) is 16.7. The standard InChI is InChI=1S/C17H26ClFN2/c1-4-20-16(17(2,3)21-9-5-6-10-21)12-13-7-8-15(19)14(18)11-13/h7-8,11,16,20H,4-6,9-10,12H2,1-3H3. The first-order valence-electron chi connectivity index (χ1n) is 7.87. The van der Waals surface area contributed by atoms with Crippen LogP contribution in [0.1, 0.15) is 39.2 Å². The van der Waals surface area contributed by atoms with E-state index in [1.807, 2.05) is 6.07 Å². The van der Waals surface area contributed by atoms with E-state index in [1.165, 1.54) is 32.0 Å². The molecule has 1 aliphatic heterocycles. The van der Waals surface area contributed by atoms with Crippen molar-refractivity contribution in [2.45, 2.75) is 51.6 Å². The molecule has 0 aliphatic carbocycles. The van der Waals surface area contributed by atoms with Crippen molar-refractivity contribution in [2.24, 2.45) is 0 Å². The molecule has 2 nitrogen and oxygen atoms in total. The fraction of sp³-hybridized carbons (Fsp3) is 0.647. The quantitative estimate of drug-likeness (QED) is 0.857. The number of hydrogen-bond acceptors (Lipinski definition) is 2. The van der Waals surface area contributed by atoms with Gasteiger partial charge >= 0.3 is 0 Å². The second kappa shape index (κ2) is 7.08. The Balaban J connectivity index is 2.15. The molecular formula is C17H26ClFN2. The fourth-order valence-electron chi connectivity index (χ4n) is 3.23. The number of halogens is 2. The van der Waals surface area contributed by atoms with Crippen LogP contribution in [-0.2, 0) is 6.42 Å². The number of nitrogens with zero attached hydrogens (tertiary/aromatic N) is 1. The first-order chi connectivity index (χ1) is 9.95. The average molecular weight is 313 g/mol. The summed E-state index contributed by atoms with van der Waals surface area (Å²) in [4.78, 5) is 2.56. The van der Waals surface area contributed by atoms with Gasteiger partial charge in [-0.15, -0.1) is 0 Å². The van der Waals surface area contributed by atoms with E-state index >= 15 is 0 Å². The largest absolute Gasteiger partial charge is 0.312 e. The summed E-state index contributed by atoms with van der Waals surface area (Å²) in [7, 11) is 0. The minimum Gasteiger partial charge on any atom is -0.312 e. The minimum absolute atomic E-state index is 0.0768.